The van der Waals surface area contributed by atoms with E-state index in [1.807, 2.05) is 7.05 Å². The summed E-state index contributed by atoms with van der Waals surface area (Å²) in [6.45, 7) is 7.45. The van der Waals surface area contributed by atoms with Gasteiger partial charge in [-0.1, -0.05) is 20.8 Å². The van der Waals surface area contributed by atoms with Crippen LogP contribution in [0.5, 0.6) is 0 Å². The SMILES string of the molecule is CNCc1cc(S(=O)(=O)NCCC(C)(C)C)cs1. The van der Waals surface area contributed by atoms with Crippen LogP contribution in [-0.2, 0) is 16.6 Å². The Bertz CT molecular complexity index is 473. The van der Waals surface area contributed by atoms with Gasteiger partial charge >= 0.3 is 0 Å². The number of thiophene rings is 1. The zero-order valence-corrected chi connectivity index (χ0v) is 13.0. The van der Waals surface area contributed by atoms with Gasteiger partial charge in [0.05, 0.1) is 4.90 Å². The molecule has 6 heteroatoms. The molecule has 1 heterocycles. The first kappa shape index (κ1) is 15.6. The lowest BCUT2D eigenvalue weighted by atomic mass is 9.93. The molecule has 0 spiro atoms. The predicted octanol–water partition coefficient (Wildman–Crippen LogP) is 2.18. The fraction of sp³-hybridized carbons (Fsp3) is 0.667. The molecule has 0 aliphatic heterocycles. The lowest BCUT2D eigenvalue weighted by molar-refractivity contribution is 0.378. The summed E-state index contributed by atoms with van der Waals surface area (Å²) in [4.78, 5) is 1.39. The summed E-state index contributed by atoms with van der Waals surface area (Å²) < 4.78 is 26.7. The molecular weight excluding hydrogens is 268 g/mol. The van der Waals surface area contributed by atoms with Gasteiger partial charge in [0.25, 0.3) is 0 Å². The van der Waals surface area contributed by atoms with E-state index in [1.165, 1.54) is 11.3 Å². The van der Waals surface area contributed by atoms with Crippen LogP contribution in [0.4, 0.5) is 0 Å². The number of rotatable bonds is 6. The predicted molar refractivity (Wildman–Crippen MR) is 76.3 cm³/mol. The quantitative estimate of drug-likeness (QED) is 0.844. The molecular formula is C12H22N2O2S2. The third-order valence-corrected chi connectivity index (χ3v) is 4.98. The molecule has 0 aromatic carbocycles. The van der Waals surface area contributed by atoms with E-state index < -0.39 is 10.0 Å². The molecule has 18 heavy (non-hydrogen) atoms. The van der Waals surface area contributed by atoms with Gasteiger partial charge in [0.15, 0.2) is 0 Å². The molecule has 0 radical (unpaired) electrons. The first-order valence-electron chi connectivity index (χ1n) is 5.96. The minimum absolute atomic E-state index is 0.133. The number of nitrogens with one attached hydrogen (secondary N) is 2. The topological polar surface area (TPSA) is 58.2 Å². The van der Waals surface area contributed by atoms with Gasteiger partial charge in [-0.3, -0.25) is 0 Å². The van der Waals surface area contributed by atoms with Crippen LogP contribution < -0.4 is 10.0 Å². The molecule has 1 aromatic heterocycles. The molecule has 0 atom stereocenters. The van der Waals surface area contributed by atoms with Gasteiger partial charge in [-0.25, -0.2) is 13.1 Å². The minimum atomic E-state index is -3.35. The summed E-state index contributed by atoms with van der Waals surface area (Å²) in [6, 6.07) is 1.72. The van der Waals surface area contributed by atoms with Gasteiger partial charge in [-0.05, 0) is 24.9 Å². The monoisotopic (exact) mass is 290 g/mol. The van der Waals surface area contributed by atoms with E-state index in [-0.39, 0.29) is 5.41 Å². The summed E-state index contributed by atoms with van der Waals surface area (Å²) in [7, 11) is -1.50. The van der Waals surface area contributed by atoms with Crippen molar-refractivity contribution in [1.29, 1.82) is 0 Å². The van der Waals surface area contributed by atoms with Gasteiger partial charge in [0, 0.05) is 23.3 Å². The molecule has 1 rings (SSSR count). The van der Waals surface area contributed by atoms with Crippen LogP contribution in [-0.4, -0.2) is 22.0 Å². The van der Waals surface area contributed by atoms with E-state index in [2.05, 4.69) is 30.8 Å². The van der Waals surface area contributed by atoms with E-state index in [4.69, 9.17) is 0 Å². The molecule has 0 aliphatic rings. The van der Waals surface area contributed by atoms with Gasteiger partial charge < -0.3 is 5.32 Å². The van der Waals surface area contributed by atoms with Crippen LogP contribution >= 0.6 is 11.3 Å². The average Bonchev–Trinajstić information content (AvgIpc) is 2.65. The Hall–Kier alpha value is -0.430. The van der Waals surface area contributed by atoms with Crippen LogP contribution in [0.25, 0.3) is 0 Å². The molecule has 0 unspecified atom stereocenters. The number of hydrogen-bond acceptors (Lipinski definition) is 4. The number of sulfonamides is 1. The van der Waals surface area contributed by atoms with Gasteiger partial charge in [0.1, 0.15) is 0 Å². The second-order valence-electron chi connectivity index (χ2n) is 5.49. The Morgan fingerprint density at radius 2 is 2.00 bits per heavy atom. The Balaban J connectivity index is 2.62. The molecule has 0 bridgehead atoms. The van der Waals surface area contributed by atoms with Crippen molar-refractivity contribution in [3.05, 3.63) is 16.3 Å². The summed E-state index contributed by atoms with van der Waals surface area (Å²) in [6.07, 6.45) is 0.819. The van der Waals surface area contributed by atoms with Crippen LogP contribution in [0.2, 0.25) is 0 Å². The summed E-state index contributed by atoms with van der Waals surface area (Å²) in [5.41, 5.74) is 0.133. The standard InChI is InChI=1S/C12H22N2O2S2/c1-12(2,3)5-6-14-18(15,16)11-7-10(8-13-4)17-9-11/h7,9,13-14H,5-6,8H2,1-4H3. The second kappa shape index (κ2) is 6.14. The Morgan fingerprint density at radius 3 is 2.56 bits per heavy atom. The molecule has 2 N–H and O–H groups in total. The van der Waals surface area contributed by atoms with Crippen molar-refractivity contribution in [2.75, 3.05) is 13.6 Å². The smallest absolute Gasteiger partial charge is 0.241 e. The molecule has 4 nitrogen and oxygen atoms in total. The molecule has 0 aliphatic carbocycles. The van der Waals surface area contributed by atoms with Crippen molar-refractivity contribution >= 4 is 21.4 Å². The molecule has 0 fully saturated rings. The van der Waals surface area contributed by atoms with Crippen LogP contribution in [0.15, 0.2) is 16.3 Å². The molecule has 0 saturated heterocycles. The Morgan fingerprint density at radius 1 is 1.33 bits per heavy atom. The largest absolute Gasteiger partial charge is 0.315 e. The molecule has 104 valence electrons. The average molecular weight is 290 g/mol. The van der Waals surface area contributed by atoms with Crippen molar-refractivity contribution < 1.29 is 8.42 Å². The highest BCUT2D eigenvalue weighted by molar-refractivity contribution is 7.89. The van der Waals surface area contributed by atoms with Crippen molar-refractivity contribution in [3.8, 4) is 0 Å². The molecule has 1 aromatic rings. The van der Waals surface area contributed by atoms with Crippen molar-refractivity contribution in [3.63, 3.8) is 0 Å². The minimum Gasteiger partial charge on any atom is -0.315 e. The number of hydrogen-bond donors (Lipinski definition) is 2. The fourth-order valence-corrected chi connectivity index (χ4v) is 3.73. The maximum Gasteiger partial charge on any atom is 0.241 e. The highest BCUT2D eigenvalue weighted by Crippen LogP contribution is 2.20. The zero-order valence-electron chi connectivity index (χ0n) is 11.4. The van der Waals surface area contributed by atoms with E-state index in [1.54, 1.807) is 11.4 Å². The van der Waals surface area contributed by atoms with E-state index >= 15 is 0 Å². The van der Waals surface area contributed by atoms with Crippen LogP contribution in [0, 0.1) is 5.41 Å². The van der Waals surface area contributed by atoms with Crippen LogP contribution in [0.1, 0.15) is 32.1 Å². The fourth-order valence-electron chi connectivity index (χ4n) is 1.41. The highest BCUT2D eigenvalue weighted by atomic mass is 32.2. The molecule has 0 amide bonds. The maximum absolute atomic E-state index is 12.0. The van der Waals surface area contributed by atoms with Crippen molar-refractivity contribution in [2.45, 2.75) is 38.6 Å². The lowest BCUT2D eigenvalue weighted by Gasteiger charge is -2.17. The lowest BCUT2D eigenvalue weighted by Crippen LogP contribution is -2.27. The first-order chi connectivity index (χ1) is 8.24. The zero-order chi connectivity index (χ0) is 13.8. The normalized spacial score (nSPS) is 12.9. The highest BCUT2D eigenvalue weighted by Gasteiger charge is 2.17. The van der Waals surface area contributed by atoms with Crippen LogP contribution in [0.3, 0.4) is 0 Å². The van der Waals surface area contributed by atoms with Crippen molar-refractivity contribution in [1.82, 2.24) is 10.0 Å². The summed E-state index contributed by atoms with van der Waals surface area (Å²) in [5.74, 6) is 0. The first-order valence-corrected chi connectivity index (χ1v) is 8.32. The van der Waals surface area contributed by atoms with E-state index in [9.17, 15) is 8.42 Å². The third kappa shape index (κ3) is 5.06. The van der Waals surface area contributed by atoms with Gasteiger partial charge in [0.2, 0.25) is 10.0 Å². The van der Waals surface area contributed by atoms with Gasteiger partial charge in [-0.2, -0.15) is 0 Å². The van der Waals surface area contributed by atoms with E-state index in [0.29, 0.717) is 18.0 Å². The van der Waals surface area contributed by atoms with Gasteiger partial charge in [-0.15, -0.1) is 11.3 Å². The maximum atomic E-state index is 12.0. The Labute approximate surface area is 114 Å². The molecule has 0 saturated carbocycles. The Kier molecular flexibility index (Phi) is 5.33. The second-order valence-corrected chi connectivity index (χ2v) is 8.25. The third-order valence-electron chi connectivity index (χ3n) is 2.46. The summed E-state index contributed by atoms with van der Waals surface area (Å²) in [5, 5.41) is 4.69. The van der Waals surface area contributed by atoms with E-state index in [0.717, 1.165) is 11.3 Å². The summed E-state index contributed by atoms with van der Waals surface area (Å²) >= 11 is 1.46. The van der Waals surface area contributed by atoms with Crippen molar-refractivity contribution in [2.24, 2.45) is 5.41 Å².